The summed E-state index contributed by atoms with van der Waals surface area (Å²) < 4.78 is 0. The lowest BCUT2D eigenvalue weighted by Crippen LogP contribution is -2.02. The number of carbonyl (C=O) groups is 1. The highest BCUT2D eigenvalue weighted by molar-refractivity contribution is 6.10. The van der Waals surface area contributed by atoms with E-state index in [9.17, 15) is 4.79 Å². The molecule has 0 aliphatic rings. The van der Waals surface area contributed by atoms with Crippen LogP contribution in [0.3, 0.4) is 0 Å². The van der Waals surface area contributed by atoms with Crippen molar-refractivity contribution in [2.45, 2.75) is 27.7 Å². The maximum Gasteiger partial charge on any atom is 0.193 e. The Morgan fingerprint density at radius 1 is 1.11 bits per heavy atom. The van der Waals surface area contributed by atoms with Crippen molar-refractivity contribution < 1.29 is 4.79 Å². The summed E-state index contributed by atoms with van der Waals surface area (Å²) in [4.78, 5) is 12.0. The van der Waals surface area contributed by atoms with Gasteiger partial charge in [-0.05, 0) is 31.0 Å². The third-order valence-corrected chi connectivity index (χ3v) is 2.55. The molecule has 0 radical (unpaired) electrons. The Hall–Kier alpha value is -1.89. The Bertz CT molecular complexity index is 464. The molecule has 1 heteroatoms. The van der Waals surface area contributed by atoms with Crippen LogP contribution in [-0.4, -0.2) is 5.78 Å². The minimum Gasteiger partial charge on any atom is -0.289 e. The van der Waals surface area contributed by atoms with Crippen molar-refractivity contribution in [3.8, 4) is 0 Å². The van der Waals surface area contributed by atoms with Crippen molar-refractivity contribution in [3.63, 3.8) is 0 Å². The smallest absolute Gasteiger partial charge is 0.193 e. The number of Topliss-reactive ketones (excluding diaryl/α,β-unsaturated/α-hetero) is 1. The maximum absolute atomic E-state index is 12.0. The SMILES string of the molecule is C=C/C=C(\C=C)C(=O)c1ccc(C)c(C)c1.CC. The molecular weight excluding hydrogens is 220 g/mol. The summed E-state index contributed by atoms with van der Waals surface area (Å²) in [5, 5.41) is 0. The van der Waals surface area contributed by atoms with Crippen molar-refractivity contribution in [2.24, 2.45) is 0 Å². The highest BCUT2D eigenvalue weighted by Crippen LogP contribution is 2.14. The molecule has 1 aromatic rings. The molecule has 0 aliphatic heterocycles. The molecule has 0 atom stereocenters. The summed E-state index contributed by atoms with van der Waals surface area (Å²) in [6.07, 6.45) is 4.82. The summed E-state index contributed by atoms with van der Waals surface area (Å²) in [5.74, 6) is -0.0157. The Labute approximate surface area is 111 Å². The van der Waals surface area contributed by atoms with Crippen LogP contribution >= 0.6 is 0 Å². The van der Waals surface area contributed by atoms with Crippen molar-refractivity contribution in [1.82, 2.24) is 0 Å². The van der Waals surface area contributed by atoms with Gasteiger partial charge in [-0.1, -0.05) is 57.4 Å². The topological polar surface area (TPSA) is 17.1 Å². The zero-order valence-electron chi connectivity index (χ0n) is 11.8. The summed E-state index contributed by atoms with van der Waals surface area (Å²) >= 11 is 0. The van der Waals surface area contributed by atoms with Crippen molar-refractivity contribution in [1.29, 1.82) is 0 Å². The van der Waals surface area contributed by atoms with Crippen LogP contribution in [0.5, 0.6) is 0 Å². The van der Waals surface area contributed by atoms with E-state index in [1.807, 2.05) is 45.9 Å². The predicted octanol–water partition coefficient (Wildman–Crippen LogP) is 4.81. The molecule has 1 rings (SSSR count). The van der Waals surface area contributed by atoms with Gasteiger partial charge in [-0.25, -0.2) is 0 Å². The molecule has 1 nitrogen and oxygen atoms in total. The van der Waals surface area contributed by atoms with Gasteiger partial charge in [-0.3, -0.25) is 4.79 Å². The number of hydrogen-bond donors (Lipinski definition) is 0. The van der Waals surface area contributed by atoms with Gasteiger partial charge >= 0.3 is 0 Å². The van der Waals surface area contributed by atoms with E-state index in [-0.39, 0.29) is 5.78 Å². The molecule has 0 amide bonds. The lowest BCUT2D eigenvalue weighted by atomic mass is 9.99. The fourth-order valence-corrected chi connectivity index (χ4v) is 1.41. The Morgan fingerprint density at radius 2 is 1.72 bits per heavy atom. The molecule has 0 spiro atoms. The van der Waals surface area contributed by atoms with Gasteiger partial charge < -0.3 is 0 Å². The second-order valence-corrected chi connectivity index (χ2v) is 3.69. The number of rotatable bonds is 4. The first-order chi connectivity index (χ1) is 8.60. The fourth-order valence-electron chi connectivity index (χ4n) is 1.41. The lowest BCUT2D eigenvalue weighted by Gasteiger charge is -2.04. The molecule has 0 N–H and O–H groups in total. The molecule has 0 aromatic heterocycles. The van der Waals surface area contributed by atoms with E-state index in [0.717, 1.165) is 5.56 Å². The van der Waals surface area contributed by atoms with Crippen LogP contribution in [0.4, 0.5) is 0 Å². The average Bonchev–Trinajstić information content (AvgIpc) is 2.40. The van der Waals surface area contributed by atoms with Gasteiger partial charge in [-0.15, -0.1) is 0 Å². The van der Waals surface area contributed by atoms with E-state index in [1.165, 1.54) is 5.56 Å². The first-order valence-electron chi connectivity index (χ1n) is 6.17. The highest BCUT2D eigenvalue weighted by Gasteiger charge is 2.09. The van der Waals surface area contributed by atoms with Crippen LogP contribution in [0.25, 0.3) is 0 Å². The largest absolute Gasteiger partial charge is 0.289 e. The second kappa shape index (κ2) is 8.24. The Kier molecular flexibility index (Phi) is 7.37. The minimum absolute atomic E-state index is 0.0157. The van der Waals surface area contributed by atoms with Crippen molar-refractivity contribution in [2.75, 3.05) is 0 Å². The van der Waals surface area contributed by atoms with E-state index >= 15 is 0 Å². The highest BCUT2D eigenvalue weighted by atomic mass is 16.1. The van der Waals surface area contributed by atoms with Gasteiger partial charge in [0.2, 0.25) is 0 Å². The van der Waals surface area contributed by atoms with Crippen LogP contribution in [0.2, 0.25) is 0 Å². The molecule has 0 heterocycles. The van der Waals surface area contributed by atoms with Crippen LogP contribution in [-0.2, 0) is 0 Å². The monoisotopic (exact) mass is 242 g/mol. The van der Waals surface area contributed by atoms with Gasteiger partial charge in [0.1, 0.15) is 0 Å². The second-order valence-electron chi connectivity index (χ2n) is 3.69. The standard InChI is InChI=1S/C15H16O.C2H6/c1-5-7-13(6-2)15(16)14-9-8-11(3)12(4)10-14;1-2/h5-10H,1-2H2,3-4H3;1-2H3/b13-7+;. The quantitative estimate of drug-likeness (QED) is 0.420. The van der Waals surface area contributed by atoms with Crippen LogP contribution < -0.4 is 0 Å². The molecule has 0 saturated carbocycles. The molecule has 1 aromatic carbocycles. The molecule has 0 bridgehead atoms. The Balaban J connectivity index is 0.00000137. The molecule has 18 heavy (non-hydrogen) atoms. The molecule has 0 saturated heterocycles. The minimum atomic E-state index is -0.0157. The number of carbonyl (C=O) groups excluding carboxylic acids is 1. The number of aryl methyl sites for hydroxylation is 2. The van der Waals surface area contributed by atoms with Gasteiger partial charge in [-0.2, -0.15) is 0 Å². The summed E-state index contributed by atoms with van der Waals surface area (Å²) in [5.41, 5.74) is 3.56. The number of allylic oxidation sites excluding steroid dienone is 4. The van der Waals surface area contributed by atoms with E-state index in [0.29, 0.717) is 11.1 Å². The molecule has 0 fully saturated rings. The summed E-state index contributed by atoms with van der Waals surface area (Å²) in [6, 6.07) is 5.69. The molecule has 96 valence electrons. The predicted molar refractivity (Wildman–Crippen MR) is 80.1 cm³/mol. The molecular formula is C17H22O. The van der Waals surface area contributed by atoms with Crippen LogP contribution in [0.15, 0.2) is 55.2 Å². The number of ketones is 1. The summed E-state index contributed by atoms with van der Waals surface area (Å²) in [7, 11) is 0. The number of benzene rings is 1. The van der Waals surface area contributed by atoms with Gasteiger partial charge in [0.15, 0.2) is 5.78 Å². The van der Waals surface area contributed by atoms with Gasteiger partial charge in [0.25, 0.3) is 0 Å². The fraction of sp³-hybridized carbons (Fsp3) is 0.235. The molecule has 0 aliphatic carbocycles. The summed E-state index contributed by atoms with van der Waals surface area (Å²) in [6.45, 7) is 15.2. The zero-order chi connectivity index (χ0) is 14.1. The van der Waals surface area contributed by atoms with Crippen molar-refractivity contribution >= 4 is 5.78 Å². The first kappa shape index (κ1) is 16.1. The van der Waals surface area contributed by atoms with Crippen molar-refractivity contribution in [3.05, 3.63) is 71.8 Å². The van der Waals surface area contributed by atoms with E-state index in [1.54, 1.807) is 18.2 Å². The first-order valence-corrected chi connectivity index (χ1v) is 6.17. The van der Waals surface area contributed by atoms with E-state index in [2.05, 4.69) is 13.2 Å². The third kappa shape index (κ3) is 4.17. The van der Waals surface area contributed by atoms with Crippen LogP contribution in [0.1, 0.15) is 35.3 Å². The normalized spacial score (nSPS) is 10.1. The maximum atomic E-state index is 12.0. The Morgan fingerprint density at radius 3 is 2.17 bits per heavy atom. The van der Waals surface area contributed by atoms with Gasteiger partial charge in [0, 0.05) is 11.1 Å². The third-order valence-electron chi connectivity index (χ3n) is 2.55. The average molecular weight is 242 g/mol. The number of hydrogen-bond acceptors (Lipinski definition) is 1. The van der Waals surface area contributed by atoms with E-state index in [4.69, 9.17) is 0 Å². The van der Waals surface area contributed by atoms with E-state index < -0.39 is 0 Å². The lowest BCUT2D eigenvalue weighted by molar-refractivity contribution is 0.103. The van der Waals surface area contributed by atoms with Gasteiger partial charge in [0.05, 0.1) is 0 Å². The van der Waals surface area contributed by atoms with Crippen LogP contribution in [0, 0.1) is 13.8 Å². The zero-order valence-corrected chi connectivity index (χ0v) is 11.8. The molecule has 0 unspecified atom stereocenters.